The van der Waals surface area contributed by atoms with Gasteiger partial charge in [0.25, 0.3) is 5.91 Å². The second kappa shape index (κ2) is 5.93. The van der Waals surface area contributed by atoms with E-state index in [-0.39, 0.29) is 5.91 Å². The van der Waals surface area contributed by atoms with E-state index in [0.29, 0.717) is 29.3 Å². The van der Waals surface area contributed by atoms with Crippen LogP contribution < -0.4 is 4.74 Å². The lowest BCUT2D eigenvalue weighted by molar-refractivity contribution is -0.151. The molecule has 21 heavy (non-hydrogen) atoms. The molecular formula is C15H18ClNO4. The summed E-state index contributed by atoms with van der Waals surface area (Å²) in [4.78, 5) is 26.3. The molecule has 0 radical (unpaired) electrons. The Kier molecular flexibility index (Phi) is 4.42. The molecule has 1 aliphatic rings. The predicted molar refractivity (Wildman–Crippen MR) is 78.7 cm³/mol. The number of hydrogen-bond donors (Lipinski definition) is 0. The van der Waals surface area contributed by atoms with Crippen LogP contribution in [0.4, 0.5) is 0 Å². The number of amides is 1. The van der Waals surface area contributed by atoms with E-state index in [1.807, 2.05) is 0 Å². The van der Waals surface area contributed by atoms with Gasteiger partial charge in [-0.3, -0.25) is 4.79 Å². The first-order valence-corrected chi connectivity index (χ1v) is 7.05. The first-order valence-electron chi connectivity index (χ1n) is 6.68. The number of esters is 1. The largest absolute Gasteiger partial charge is 0.496 e. The van der Waals surface area contributed by atoms with Crippen molar-refractivity contribution >= 4 is 23.5 Å². The molecule has 2 rings (SSSR count). The van der Waals surface area contributed by atoms with E-state index in [9.17, 15) is 9.59 Å². The third kappa shape index (κ3) is 2.70. The number of nitrogens with zero attached hydrogens (tertiary/aromatic N) is 1. The van der Waals surface area contributed by atoms with Gasteiger partial charge < -0.3 is 14.4 Å². The molecule has 1 aromatic rings. The van der Waals surface area contributed by atoms with Crippen LogP contribution in [0.2, 0.25) is 5.02 Å². The molecule has 5 nitrogen and oxygen atoms in total. The molecular weight excluding hydrogens is 294 g/mol. The molecule has 0 aliphatic carbocycles. The highest BCUT2D eigenvalue weighted by Crippen LogP contribution is 2.34. The minimum atomic E-state index is -0.934. The van der Waals surface area contributed by atoms with Gasteiger partial charge >= 0.3 is 5.97 Å². The molecule has 0 bridgehead atoms. The molecule has 1 saturated heterocycles. The monoisotopic (exact) mass is 311 g/mol. The molecule has 6 heteroatoms. The average Bonchev–Trinajstić information content (AvgIpc) is 2.88. The van der Waals surface area contributed by atoms with Crippen molar-refractivity contribution < 1.29 is 19.1 Å². The zero-order valence-corrected chi connectivity index (χ0v) is 13.1. The van der Waals surface area contributed by atoms with E-state index in [2.05, 4.69) is 0 Å². The van der Waals surface area contributed by atoms with Gasteiger partial charge in [-0.25, -0.2) is 4.79 Å². The predicted octanol–water partition coefficient (Wildman–Crippen LogP) is 2.52. The van der Waals surface area contributed by atoms with Gasteiger partial charge in [0.15, 0.2) is 0 Å². The minimum absolute atomic E-state index is 0.256. The van der Waals surface area contributed by atoms with Crippen LogP contribution in [0.15, 0.2) is 18.2 Å². The lowest BCUT2D eigenvalue weighted by Crippen LogP contribution is -2.51. The summed E-state index contributed by atoms with van der Waals surface area (Å²) in [6.07, 6.45) is 1.34. The fraction of sp³-hybridized carbons (Fsp3) is 0.467. The number of halogens is 1. The molecule has 0 spiro atoms. The van der Waals surface area contributed by atoms with Gasteiger partial charge in [0.1, 0.15) is 11.3 Å². The van der Waals surface area contributed by atoms with Crippen LogP contribution in [0.25, 0.3) is 0 Å². The number of methoxy groups -OCH3 is 2. The van der Waals surface area contributed by atoms with Crippen LogP contribution in [-0.2, 0) is 9.53 Å². The summed E-state index contributed by atoms with van der Waals surface area (Å²) in [6, 6.07) is 4.82. The Morgan fingerprint density at radius 2 is 2.05 bits per heavy atom. The fourth-order valence-electron chi connectivity index (χ4n) is 2.71. The second-order valence-electron chi connectivity index (χ2n) is 5.17. The van der Waals surface area contributed by atoms with Gasteiger partial charge in [0, 0.05) is 11.6 Å². The molecule has 1 heterocycles. The van der Waals surface area contributed by atoms with Gasteiger partial charge in [0.2, 0.25) is 0 Å². The number of ether oxygens (including phenoxy) is 2. The smallest absolute Gasteiger partial charge is 0.331 e. The Balaban J connectivity index is 2.38. The minimum Gasteiger partial charge on any atom is -0.496 e. The van der Waals surface area contributed by atoms with Crippen molar-refractivity contribution in [2.24, 2.45) is 0 Å². The van der Waals surface area contributed by atoms with Crippen molar-refractivity contribution in [1.82, 2.24) is 4.90 Å². The zero-order chi connectivity index (χ0) is 15.6. The van der Waals surface area contributed by atoms with Crippen molar-refractivity contribution in [2.75, 3.05) is 20.8 Å². The van der Waals surface area contributed by atoms with Crippen LogP contribution in [0.3, 0.4) is 0 Å². The van der Waals surface area contributed by atoms with Crippen molar-refractivity contribution in [3.8, 4) is 5.75 Å². The molecule has 1 atom stereocenters. The maximum absolute atomic E-state index is 12.8. The van der Waals surface area contributed by atoms with Crippen LogP contribution in [-0.4, -0.2) is 43.1 Å². The lowest BCUT2D eigenvalue weighted by Gasteiger charge is -2.32. The number of benzene rings is 1. The van der Waals surface area contributed by atoms with Gasteiger partial charge in [-0.1, -0.05) is 11.6 Å². The van der Waals surface area contributed by atoms with Gasteiger partial charge in [-0.05, 0) is 38.0 Å². The molecule has 1 aliphatic heterocycles. The van der Waals surface area contributed by atoms with E-state index in [4.69, 9.17) is 21.1 Å². The Bertz CT molecular complexity index is 575. The van der Waals surface area contributed by atoms with Crippen molar-refractivity contribution in [3.63, 3.8) is 0 Å². The fourth-order valence-corrected chi connectivity index (χ4v) is 2.87. The Labute approximate surface area is 128 Å². The van der Waals surface area contributed by atoms with E-state index < -0.39 is 11.5 Å². The van der Waals surface area contributed by atoms with Crippen molar-refractivity contribution in [3.05, 3.63) is 28.8 Å². The number of rotatable bonds is 3. The third-order valence-corrected chi connectivity index (χ3v) is 4.14. The Morgan fingerprint density at radius 3 is 2.67 bits per heavy atom. The highest BCUT2D eigenvalue weighted by atomic mass is 35.5. The van der Waals surface area contributed by atoms with Gasteiger partial charge in [0.05, 0.1) is 19.8 Å². The third-order valence-electron chi connectivity index (χ3n) is 3.91. The van der Waals surface area contributed by atoms with Gasteiger partial charge in [-0.2, -0.15) is 0 Å². The molecule has 0 aromatic heterocycles. The van der Waals surface area contributed by atoms with E-state index in [1.54, 1.807) is 30.0 Å². The van der Waals surface area contributed by atoms with Gasteiger partial charge in [-0.15, -0.1) is 0 Å². The summed E-state index contributed by atoms with van der Waals surface area (Å²) >= 11 is 5.91. The molecule has 1 fully saturated rings. The normalized spacial score (nSPS) is 21.2. The molecule has 1 amide bonds. The summed E-state index contributed by atoms with van der Waals surface area (Å²) in [5.74, 6) is -0.262. The topological polar surface area (TPSA) is 55.8 Å². The summed E-state index contributed by atoms with van der Waals surface area (Å²) in [5, 5.41) is 0.487. The first-order chi connectivity index (χ1) is 9.93. The maximum atomic E-state index is 12.8. The lowest BCUT2D eigenvalue weighted by atomic mass is 9.98. The SMILES string of the molecule is COC(=O)[C@]1(C)CCCN1C(=O)c1ccc(Cl)cc1OC. The van der Waals surface area contributed by atoms with E-state index in [0.717, 1.165) is 6.42 Å². The van der Waals surface area contributed by atoms with Crippen molar-refractivity contribution in [2.45, 2.75) is 25.3 Å². The Hall–Kier alpha value is -1.75. The van der Waals surface area contributed by atoms with Crippen molar-refractivity contribution in [1.29, 1.82) is 0 Å². The molecule has 0 unspecified atom stereocenters. The van der Waals surface area contributed by atoms with Crippen LogP contribution in [0, 0.1) is 0 Å². The second-order valence-corrected chi connectivity index (χ2v) is 5.61. The van der Waals surface area contributed by atoms with Crippen LogP contribution in [0.1, 0.15) is 30.1 Å². The first kappa shape index (κ1) is 15.6. The summed E-state index contributed by atoms with van der Waals surface area (Å²) in [5.41, 5.74) is -0.546. The van der Waals surface area contributed by atoms with Crippen LogP contribution in [0.5, 0.6) is 5.75 Å². The highest BCUT2D eigenvalue weighted by molar-refractivity contribution is 6.30. The maximum Gasteiger partial charge on any atom is 0.331 e. The van der Waals surface area contributed by atoms with E-state index in [1.165, 1.54) is 14.2 Å². The number of carbonyl (C=O) groups is 2. The Morgan fingerprint density at radius 1 is 1.33 bits per heavy atom. The zero-order valence-electron chi connectivity index (χ0n) is 12.3. The number of hydrogen-bond acceptors (Lipinski definition) is 4. The number of likely N-dealkylation sites (tertiary alicyclic amines) is 1. The quantitative estimate of drug-likeness (QED) is 0.805. The highest BCUT2D eigenvalue weighted by Gasteiger charge is 2.47. The summed E-state index contributed by atoms with van der Waals surface area (Å²) < 4.78 is 10.1. The summed E-state index contributed by atoms with van der Waals surface area (Å²) in [6.45, 7) is 2.24. The molecule has 1 aromatic carbocycles. The standard InChI is InChI=1S/C15H18ClNO4/c1-15(14(19)21-3)7-4-8-17(15)13(18)11-6-5-10(16)9-12(11)20-2/h5-6,9H,4,7-8H2,1-3H3/t15-/m0/s1. The van der Waals surface area contributed by atoms with E-state index >= 15 is 0 Å². The molecule has 114 valence electrons. The average molecular weight is 312 g/mol. The summed E-state index contributed by atoms with van der Waals surface area (Å²) in [7, 11) is 2.81. The van der Waals surface area contributed by atoms with Crippen LogP contribution >= 0.6 is 11.6 Å². The molecule has 0 saturated carbocycles. The molecule has 0 N–H and O–H groups in total. The number of carbonyl (C=O) groups excluding carboxylic acids is 2.